The van der Waals surface area contributed by atoms with Gasteiger partial charge in [-0.1, -0.05) is 23.1 Å². The number of amides is 1. The second kappa shape index (κ2) is 8.10. The summed E-state index contributed by atoms with van der Waals surface area (Å²) in [6.07, 6.45) is 7.39. The Balaban J connectivity index is 1.34. The minimum Gasteiger partial charge on any atom is -0.378 e. The third-order valence-electron chi connectivity index (χ3n) is 5.21. The number of aliphatic imine (C=N–C) groups is 1. The highest BCUT2D eigenvalue weighted by Gasteiger charge is 2.36. The predicted octanol–water partition coefficient (Wildman–Crippen LogP) is 2.31. The van der Waals surface area contributed by atoms with Gasteiger partial charge in [0.2, 0.25) is 6.67 Å². The molecule has 8 nitrogen and oxygen atoms in total. The van der Waals surface area contributed by atoms with Gasteiger partial charge in [-0.3, -0.25) is 9.69 Å². The number of morpholine rings is 1. The first kappa shape index (κ1) is 18.5. The van der Waals surface area contributed by atoms with E-state index in [1.165, 1.54) is 0 Å². The van der Waals surface area contributed by atoms with Gasteiger partial charge in [-0.05, 0) is 24.3 Å². The van der Waals surface area contributed by atoms with Crippen LogP contribution in [0, 0.1) is 0 Å². The summed E-state index contributed by atoms with van der Waals surface area (Å²) < 4.78 is 5.31. The summed E-state index contributed by atoms with van der Waals surface area (Å²) in [6, 6.07) is 13.8. The molecule has 0 bridgehead atoms. The van der Waals surface area contributed by atoms with Crippen LogP contribution in [-0.4, -0.2) is 54.6 Å². The van der Waals surface area contributed by atoms with Crippen LogP contribution in [0.4, 0.5) is 11.5 Å². The zero-order valence-corrected chi connectivity index (χ0v) is 16.4. The summed E-state index contributed by atoms with van der Waals surface area (Å²) in [4.78, 5) is 27.6. The molecule has 1 amide bonds. The molecule has 1 fully saturated rings. The van der Waals surface area contributed by atoms with E-state index >= 15 is 0 Å². The molecule has 5 rings (SSSR count). The van der Waals surface area contributed by atoms with Crippen LogP contribution in [0.15, 0.2) is 78.0 Å². The summed E-state index contributed by atoms with van der Waals surface area (Å²) in [6.45, 7) is 3.08. The van der Waals surface area contributed by atoms with Crippen LogP contribution in [0.3, 0.4) is 0 Å². The monoisotopic (exact) mass is 402 g/mol. The summed E-state index contributed by atoms with van der Waals surface area (Å²) in [5.41, 5.74) is 2.51. The largest absolute Gasteiger partial charge is 0.378 e. The molecular weight excluding hydrogens is 380 g/mol. The molecule has 0 atom stereocenters. The number of anilines is 2. The zero-order valence-electron chi connectivity index (χ0n) is 16.4. The highest BCUT2D eigenvalue weighted by Crippen LogP contribution is 2.23. The van der Waals surface area contributed by atoms with Crippen LogP contribution in [0.1, 0.15) is 10.4 Å². The van der Waals surface area contributed by atoms with Crippen molar-refractivity contribution < 1.29 is 9.53 Å². The van der Waals surface area contributed by atoms with Crippen LogP contribution in [-0.2, 0) is 4.74 Å². The van der Waals surface area contributed by atoms with E-state index in [0.717, 1.165) is 17.2 Å². The summed E-state index contributed by atoms with van der Waals surface area (Å²) in [7, 11) is 0. The highest BCUT2D eigenvalue weighted by molar-refractivity contribution is 6.06. The van der Waals surface area contributed by atoms with Crippen LogP contribution in [0.2, 0.25) is 0 Å². The van der Waals surface area contributed by atoms with Gasteiger partial charge in [-0.2, -0.15) is 4.99 Å². The number of hydrogen-bond donors (Lipinski definition) is 1. The molecule has 151 valence electrons. The molecule has 1 N–H and O–H groups in total. The molecule has 0 spiro atoms. The minimum atomic E-state index is -0.0139. The van der Waals surface area contributed by atoms with Crippen molar-refractivity contribution in [2.45, 2.75) is 0 Å². The number of carbonyl (C=O) groups excluding carboxylic acids is 1. The number of aromatic nitrogens is 1. The molecule has 1 radical (unpaired) electrons. The number of hydrogen-bond acceptors (Lipinski definition) is 7. The second-order valence-corrected chi connectivity index (χ2v) is 7.17. The topological polar surface area (TPSA) is 76.0 Å². The third kappa shape index (κ3) is 3.70. The van der Waals surface area contributed by atoms with E-state index in [1.807, 2.05) is 36.7 Å². The van der Waals surface area contributed by atoms with Crippen molar-refractivity contribution in [3.63, 3.8) is 0 Å². The fraction of sp³-hybridized carbons (Fsp3) is 0.227. The van der Waals surface area contributed by atoms with E-state index in [2.05, 4.69) is 37.2 Å². The van der Waals surface area contributed by atoms with E-state index in [9.17, 15) is 4.79 Å². The number of ether oxygens (including phenoxy) is 1. The van der Waals surface area contributed by atoms with Crippen molar-refractivity contribution in [2.24, 2.45) is 4.99 Å². The first-order valence-corrected chi connectivity index (χ1v) is 9.93. The molecule has 0 aliphatic carbocycles. The van der Waals surface area contributed by atoms with Gasteiger partial charge < -0.3 is 15.0 Å². The summed E-state index contributed by atoms with van der Waals surface area (Å²) in [5.74, 6) is 1.49. The number of fused-ring (bicyclic) bond motifs is 1. The Morgan fingerprint density at radius 2 is 1.93 bits per heavy atom. The molecule has 0 unspecified atom stereocenters. The van der Waals surface area contributed by atoms with Crippen molar-refractivity contribution in [1.82, 2.24) is 14.8 Å². The van der Waals surface area contributed by atoms with Crippen LogP contribution < -0.4 is 15.1 Å². The van der Waals surface area contributed by atoms with Crippen LogP contribution >= 0.6 is 0 Å². The molecule has 8 heteroatoms. The SMILES string of the molecule is O=C(c1ccc(NC2=CN(c3ccccc3)C[N+]3C=CN=C23)nc1)N1CCOCC1. The van der Waals surface area contributed by atoms with Gasteiger partial charge in [0.1, 0.15) is 11.5 Å². The van der Waals surface area contributed by atoms with E-state index in [0.29, 0.717) is 44.4 Å². The molecule has 4 heterocycles. The molecule has 2 aromatic rings. The Bertz CT molecular complexity index is 1010. The van der Waals surface area contributed by atoms with Crippen LogP contribution in [0.5, 0.6) is 0 Å². The number of para-hydroxylation sites is 1. The summed E-state index contributed by atoms with van der Waals surface area (Å²) in [5, 5.41) is 3.35. The Morgan fingerprint density at radius 1 is 1.10 bits per heavy atom. The number of benzene rings is 1. The van der Waals surface area contributed by atoms with Crippen molar-refractivity contribution in [3.8, 4) is 0 Å². The quantitative estimate of drug-likeness (QED) is 0.795. The highest BCUT2D eigenvalue weighted by atomic mass is 16.5. The van der Waals surface area contributed by atoms with Gasteiger partial charge in [-0.25, -0.2) is 4.98 Å². The van der Waals surface area contributed by atoms with E-state index in [-0.39, 0.29) is 5.91 Å². The van der Waals surface area contributed by atoms with Crippen molar-refractivity contribution in [3.05, 3.63) is 78.5 Å². The third-order valence-corrected chi connectivity index (χ3v) is 5.21. The molecule has 30 heavy (non-hydrogen) atoms. The fourth-order valence-electron chi connectivity index (χ4n) is 3.63. The fourth-order valence-corrected chi connectivity index (χ4v) is 3.63. The number of nitrogens with zero attached hydrogens (tertiary/aromatic N) is 5. The first-order chi connectivity index (χ1) is 14.8. The van der Waals surface area contributed by atoms with Crippen molar-refractivity contribution >= 4 is 23.2 Å². The Kier molecular flexibility index (Phi) is 5.00. The molecule has 1 aromatic carbocycles. The number of carbonyl (C=O) groups is 1. The lowest BCUT2D eigenvalue weighted by Crippen LogP contribution is -2.45. The average Bonchev–Trinajstić information content (AvgIpc) is 3.29. The maximum atomic E-state index is 12.6. The predicted molar refractivity (Wildman–Crippen MR) is 115 cm³/mol. The standard InChI is InChI=1S/C22H22N6O2/c29-22(26-10-12-30-13-11-26)17-6-7-20(24-14-17)25-19-15-28(18-4-2-1-3-5-18)16-27-9-8-23-21(19)27/h1-9,14-15H,10-13,16H2,(H,24,25)/q+1. The summed E-state index contributed by atoms with van der Waals surface area (Å²) >= 11 is 0. The molecule has 3 aliphatic heterocycles. The lowest BCUT2D eigenvalue weighted by molar-refractivity contribution is 0.0302. The lowest BCUT2D eigenvalue weighted by Gasteiger charge is -2.27. The van der Waals surface area contributed by atoms with E-state index < -0.39 is 0 Å². The van der Waals surface area contributed by atoms with Crippen molar-refractivity contribution in [1.29, 1.82) is 0 Å². The second-order valence-electron chi connectivity index (χ2n) is 7.17. The van der Waals surface area contributed by atoms with E-state index in [4.69, 9.17) is 4.74 Å². The van der Waals surface area contributed by atoms with Crippen molar-refractivity contribution in [2.75, 3.05) is 43.2 Å². The number of amidine groups is 1. The van der Waals surface area contributed by atoms with Gasteiger partial charge in [0, 0.05) is 31.2 Å². The maximum Gasteiger partial charge on any atom is 0.308 e. The maximum absolute atomic E-state index is 12.6. The Morgan fingerprint density at radius 3 is 2.70 bits per heavy atom. The number of pyridine rings is 1. The minimum absolute atomic E-state index is 0.0139. The number of nitrogens with one attached hydrogen (secondary N) is 1. The smallest absolute Gasteiger partial charge is 0.308 e. The van der Waals surface area contributed by atoms with Gasteiger partial charge in [0.05, 0.1) is 25.0 Å². The number of rotatable bonds is 4. The zero-order chi connectivity index (χ0) is 20.3. The van der Waals surface area contributed by atoms with Crippen LogP contribution in [0.25, 0.3) is 0 Å². The molecule has 0 saturated carbocycles. The molecular formula is C22H22N6O2+. The molecule has 1 aromatic heterocycles. The Labute approximate surface area is 174 Å². The van der Waals surface area contributed by atoms with E-state index in [1.54, 1.807) is 23.4 Å². The van der Waals surface area contributed by atoms with Gasteiger partial charge >= 0.3 is 5.84 Å². The average molecular weight is 402 g/mol. The molecule has 1 saturated heterocycles. The normalized spacial score (nSPS) is 18.7. The first-order valence-electron chi connectivity index (χ1n) is 9.93. The van der Waals surface area contributed by atoms with Gasteiger partial charge in [0.25, 0.3) is 5.91 Å². The van der Waals surface area contributed by atoms with Gasteiger partial charge in [-0.15, -0.1) is 0 Å². The Hall–Kier alpha value is -3.49. The molecule has 3 aliphatic rings. The van der Waals surface area contributed by atoms with Gasteiger partial charge in [0.15, 0.2) is 6.20 Å². The lowest BCUT2D eigenvalue weighted by atomic mass is 10.2.